The Kier molecular flexibility index (Phi) is 8.17. The number of ether oxygens (including phenoxy) is 3. The summed E-state index contributed by atoms with van der Waals surface area (Å²) < 4.78 is 17.0. The highest BCUT2D eigenvalue weighted by Crippen LogP contribution is 2.37. The number of hydrogen-bond acceptors (Lipinski definition) is 7. The molecule has 1 amide bonds. The van der Waals surface area contributed by atoms with Gasteiger partial charge in [-0.05, 0) is 42.0 Å². The summed E-state index contributed by atoms with van der Waals surface area (Å²) >= 11 is 0. The van der Waals surface area contributed by atoms with E-state index in [9.17, 15) is 4.79 Å². The molecule has 200 valence electrons. The van der Waals surface area contributed by atoms with E-state index in [4.69, 9.17) is 19.0 Å². The van der Waals surface area contributed by atoms with Crippen LogP contribution in [0.15, 0.2) is 114 Å². The molecule has 1 aromatic heterocycles. The van der Waals surface area contributed by atoms with Gasteiger partial charge in [0.2, 0.25) is 0 Å². The maximum absolute atomic E-state index is 13.2. The van der Waals surface area contributed by atoms with Crippen LogP contribution in [0.1, 0.15) is 11.1 Å². The van der Waals surface area contributed by atoms with Crippen molar-refractivity contribution in [1.82, 2.24) is 4.98 Å². The molecule has 0 saturated carbocycles. The smallest absolute Gasteiger partial charge is 0.278 e. The molecule has 8 nitrogen and oxygen atoms in total. The number of fused-ring (bicyclic) bond motifs is 1. The first kappa shape index (κ1) is 26.2. The van der Waals surface area contributed by atoms with E-state index >= 15 is 0 Å². The molecule has 0 fully saturated rings. The van der Waals surface area contributed by atoms with E-state index in [1.807, 2.05) is 66.7 Å². The molecule has 0 spiro atoms. The summed E-state index contributed by atoms with van der Waals surface area (Å²) in [6, 6.07) is 31.3. The van der Waals surface area contributed by atoms with Crippen LogP contribution >= 0.6 is 0 Å². The fourth-order valence-electron chi connectivity index (χ4n) is 4.03. The molecule has 0 aliphatic heterocycles. The van der Waals surface area contributed by atoms with E-state index in [2.05, 4.69) is 15.5 Å². The minimum Gasteiger partial charge on any atom is -0.493 e. The highest BCUT2D eigenvalue weighted by molar-refractivity contribution is 6.48. The second-order valence-electron chi connectivity index (χ2n) is 8.68. The second-order valence-corrected chi connectivity index (χ2v) is 8.68. The van der Waals surface area contributed by atoms with Gasteiger partial charge in [-0.25, -0.2) is 0 Å². The summed E-state index contributed by atoms with van der Waals surface area (Å²) in [7, 11) is 3.16. The fraction of sp³-hybridized carbons (Fsp3) is 0.0938. The van der Waals surface area contributed by atoms with E-state index in [1.165, 1.54) is 0 Å². The Bertz CT molecular complexity index is 1620. The third-order valence-corrected chi connectivity index (χ3v) is 6.04. The summed E-state index contributed by atoms with van der Waals surface area (Å²) in [5.74, 6) is 1.97. The second kappa shape index (κ2) is 12.4. The summed E-state index contributed by atoms with van der Waals surface area (Å²) in [6.45, 7) is 0.249. The molecule has 1 N–H and O–H groups in total. The topological polar surface area (TPSA) is 91.3 Å². The largest absolute Gasteiger partial charge is 0.493 e. The summed E-state index contributed by atoms with van der Waals surface area (Å²) in [6.07, 6.45) is 1.67. The Morgan fingerprint density at radius 2 is 1.48 bits per heavy atom. The van der Waals surface area contributed by atoms with Crippen molar-refractivity contribution in [3.63, 3.8) is 0 Å². The lowest BCUT2D eigenvalue weighted by Gasteiger charge is -2.13. The van der Waals surface area contributed by atoms with E-state index < -0.39 is 5.91 Å². The normalized spacial score (nSPS) is 11.1. The van der Waals surface area contributed by atoms with Gasteiger partial charge < -0.3 is 24.4 Å². The lowest BCUT2D eigenvalue weighted by molar-refractivity contribution is -0.110. The van der Waals surface area contributed by atoms with Gasteiger partial charge in [-0.3, -0.25) is 9.78 Å². The van der Waals surface area contributed by atoms with Crippen LogP contribution < -0.4 is 19.5 Å². The number of carbonyl (C=O) groups excluding carboxylic acids is 1. The quantitative estimate of drug-likeness (QED) is 0.161. The maximum atomic E-state index is 13.2. The Balaban J connectivity index is 1.31. The van der Waals surface area contributed by atoms with E-state index in [1.54, 1.807) is 56.8 Å². The number of anilines is 1. The lowest BCUT2D eigenvalue weighted by Crippen LogP contribution is -2.24. The Hall–Kier alpha value is -5.37. The van der Waals surface area contributed by atoms with E-state index in [0.717, 1.165) is 10.9 Å². The molecule has 0 atom stereocenters. The van der Waals surface area contributed by atoms with Crippen molar-refractivity contribution in [3.05, 3.63) is 120 Å². The Morgan fingerprint density at radius 3 is 2.17 bits per heavy atom. The number of aromatic nitrogens is 1. The fourth-order valence-corrected chi connectivity index (χ4v) is 4.03. The maximum Gasteiger partial charge on any atom is 0.278 e. The number of carbonyl (C=O) groups is 1. The van der Waals surface area contributed by atoms with Gasteiger partial charge in [0.15, 0.2) is 17.2 Å². The number of nitrogens with zero attached hydrogens (tertiary/aromatic N) is 2. The van der Waals surface area contributed by atoms with Gasteiger partial charge in [0.25, 0.3) is 5.91 Å². The zero-order valence-electron chi connectivity index (χ0n) is 22.0. The lowest BCUT2D eigenvalue weighted by atomic mass is 10.1. The van der Waals surface area contributed by atoms with Gasteiger partial charge >= 0.3 is 0 Å². The number of benzene rings is 4. The molecule has 0 saturated heterocycles. The molecule has 0 aliphatic carbocycles. The van der Waals surface area contributed by atoms with Gasteiger partial charge in [0, 0.05) is 28.9 Å². The summed E-state index contributed by atoms with van der Waals surface area (Å²) in [5, 5.41) is 7.84. The van der Waals surface area contributed by atoms with Crippen LogP contribution in [-0.4, -0.2) is 30.8 Å². The summed E-state index contributed by atoms with van der Waals surface area (Å²) in [5.41, 5.74) is 3.06. The van der Waals surface area contributed by atoms with Crippen LogP contribution in [0.4, 0.5) is 5.69 Å². The average molecular weight is 534 g/mol. The zero-order chi connectivity index (χ0) is 27.7. The number of methoxy groups -OCH3 is 2. The van der Waals surface area contributed by atoms with Crippen LogP contribution in [-0.2, 0) is 16.2 Å². The zero-order valence-corrected chi connectivity index (χ0v) is 22.0. The predicted octanol–water partition coefficient (Wildman–Crippen LogP) is 6.60. The third kappa shape index (κ3) is 6.19. The SMILES string of the molecule is COc1cc2nccc(Oc3ccc(NC(=O)/C(=N/OCc4ccccc4)c4ccccc4)cc3)c2cc1OC. The van der Waals surface area contributed by atoms with Crippen molar-refractivity contribution in [2.24, 2.45) is 5.16 Å². The molecular weight excluding hydrogens is 506 g/mol. The van der Waals surface area contributed by atoms with Crippen molar-refractivity contribution >= 4 is 28.2 Å². The highest BCUT2D eigenvalue weighted by atomic mass is 16.6. The molecule has 4 aromatic carbocycles. The van der Waals surface area contributed by atoms with Crippen molar-refractivity contribution in [2.75, 3.05) is 19.5 Å². The van der Waals surface area contributed by atoms with Gasteiger partial charge in [0.1, 0.15) is 18.1 Å². The number of oxime groups is 1. The molecule has 5 rings (SSSR count). The number of rotatable bonds is 10. The number of pyridine rings is 1. The molecule has 1 heterocycles. The van der Waals surface area contributed by atoms with Gasteiger partial charge in [-0.1, -0.05) is 65.8 Å². The van der Waals surface area contributed by atoms with Gasteiger partial charge in [-0.15, -0.1) is 0 Å². The molecule has 8 heteroatoms. The van der Waals surface area contributed by atoms with Crippen molar-refractivity contribution in [3.8, 4) is 23.0 Å². The number of nitrogens with one attached hydrogen (secondary N) is 1. The number of hydrogen-bond donors (Lipinski definition) is 1. The van der Waals surface area contributed by atoms with E-state index in [-0.39, 0.29) is 12.3 Å². The number of amides is 1. The minimum atomic E-state index is -0.394. The van der Waals surface area contributed by atoms with E-state index in [0.29, 0.717) is 39.8 Å². The monoisotopic (exact) mass is 533 g/mol. The van der Waals surface area contributed by atoms with Crippen LogP contribution in [0.25, 0.3) is 10.9 Å². The standard InChI is InChI=1S/C32H27N3O5/c1-37-29-19-26-27(20-30(29)38-2)33-18-17-28(26)40-25-15-13-24(14-16-25)34-32(36)31(23-11-7-4-8-12-23)35-39-21-22-9-5-3-6-10-22/h3-20H,21H2,1-2H3,(H,34,36)/b35-31+. The van der Waals surface area contributed by atoms with Crippen LogP contribution in [0.3, 0.4) is 0 Å². The average Bonchev–Trinajstić information content (AvgIpc) is 3.00. The first-order valence-electron chi connectivity index (χ1n) is 12.5. The van der Waals surface area contributed by atoms with Gasteiger partial charge in [-0.2, -0.15) is 0 Å². The minimum absolute atomic E-state index is 0.171. The summed E-state index contributed by atoms with van der Waals surface area (Å²) in [4.78, 5) is 23.1. The first-order valence-corrected chi connectivity index (χ1v) is 12.5. The van der Waals surface area contributed by atoms with Crippen LogP contribution in [0, 0.1) is 0 Å². The molecule has 40 heavy (non-hydrogen) atoms. The highest BCUT2D eigenvalue weighted by Gasteiger charge is 2.16. The third-order valence-electron chi connectivity index (χ3n) is 6.04. The van der Waals surface area contributed by atoms with Crippen LogP contribution in [0.5, 0.6) is 23.0 Å². The van der Waals surface area contributed by atoms with Crippen molar-refractivity contribution in [1.29, 1.82) is 0 Å². The molecule has 0 aliphatic rings. The molecule has 0 unspecified atom stereocenters. The van der Waals surface area contributed by atoms with Crippen LogP contribution in [0.2, 0.25) is 0 Å². The molecule has 0 radical (unpaired) electrons. The van der Waals surface area contributed by atoms with Gasteiger partial charge in [0.05, 0.1) is 19.7 Å². The Labute approximate surface area is 231 Å². The van der Waals surface area contributed by atoms with Crippen molar-refractivity contribution < 1.29 is 23.8 Å². The van der Waals surface area contributed by atoms with Crippen molar-refractivity contribution in [2.45, 2.75) is 6.61 Å². The molecule has 5 aromatic rings. The Morgan fingerprint density at radius 1 is 0.800 bits per heavy atom. The molecular formula is C32H27N3O5. The first-order chi connectivity index (χ1) is 19.6. The molecule has 0 bridgehead atoms. The predicted molar refractivity (Wildman–Crippen MR) is 154 cm³/mol.